The first-order valence-corrected chi connectivity index (χ1v) is 6.16. The van der Waals surface area contributed by atoms with Gasteiger partial charge in [0, 0.05) is 0 Å². The Morgan fingerprint density at radius 1 is 1.11 bits per heavy atom. The molecule has 0 unspecified atom stereocenters. The molecule has 0 heterocycles. The molecule has 2 heteroatoms. The standard InChI is InChI=1S/C16H18O2/c1-10(2)12-5-7-13-11(3)9-15(16(17)18-4)14(13)8-6-12/h5-10H,1-4H3. The summed E-state index contributed by atoms with van der Waals surface area (Å²) in [6.07, 6.45) is 0. The zero-order valence-electron chi connectivity index (χ0n) is 11.3. The lowest BCUT2D eigenvalue weighted by atomic mass is 10.1. The molecular weight excluding hydrogens is 224 g/mol. The van der Waals surface area contributed by atoms with Crippen LogP contribution in [0, 0.1) is 6.92 Å². The lowest BCUT2D eigenvalue weighted by Gasteiger charge is -2.00. The average Bonchev–Trinajstić information content (AvgIpc) is 2.54. The number of ether oxygens (including phenoxy) is 1. The molecule has 0 aliphatic heterocycles. The van der Waals surface area contributed by atoms with E-state index in [1.165, 1.54) is 12.7 Å². The van der Waals surface area contributed by atoms with Crippen molar-refractivity contribution in [3.05, 3.63) is 47.0 Å². The van der Waals surface area contributed by atoms with E-state index in [1.807, 2.05) is 19.1 Å². The number of rotatable bonds is 2. The normalized spacial score (nSPS) is 10.9. The van der Waals surface area contributed by atoms with Crippen LogP contribution in [0.4, 0.5) is 0 Å². The summed E-state index contributed by atoms with van der Waals surface area (Å²) >= 11 is 0. The van der Waals surface area contributed by atoms with Gasteiger partial charge >= 0.3 is 5.97 Å². The van der Waals surface area contributed by atoms with Crippen molar-refractivity contribution < 1.29 is 9.53 Å². The van der Waals surface area contributed by atoms with E-state index < -0.39 is 0 Å². The molecule has 94 valence electrons. The number of esters is 1. The van der Waals surface area contributed by atoms with Crippen LogP contribution < -0.4 is 0 Å². The summed E-state index contributed by atoms with van der Waals surface area (Å²) in [6.45, 7) is 6.34. The minimum absolute atomic E-state index is 0.273. The molecule has 2 aliphatic rings. The lowest BCUT2D eigenvalue weighted by Crippen LogP contribution is -1.99. The molecule has 0 aromatic rings. The van der Waals surface area contributed by atoms with Gasteiger partial charge in [-0.2, -0.15) is 0 Å². The van der Waals surface area contributed by atoms with Crippen molar-refractivity contribution in [1.29, 1.82) is 0 Å². The molecule has 0 bridgehead atoms. The van der Waals surface area contributed by atoms with Gasteiger partial charge in [0.25, 0.3) is 0 Å². The van der Waals surface area contributed by atoms with Crippen molar-refractivity contribution in [2.45, 2.75) is 26.7 Å². The van der Waals surface area contributed by atoms with Crippen molar-refractivity contribution >= 4 is 5.97 Å². The Bertz CT molecular complexity index is 555. The fourth-order valence-electron chi connectivity index (χ4n) is 2.21. The van der Waals surface area contributed by atoms with E-state index in [1.54, 1.807) is 0 Å². The molecule has 2 aliphatic carbocycles. The Kier molecular flexibility index (Phi) is 3.37. The van der Waals surface area contributed by atoms with Gasteiger partial charge in [-0.1, -0.05) is 38.1 Å². The number of carbonyl (C=O) groups excluding carboxylic acids is 1. The molecular formula is C16H18O2. The largest absolute Gasteiger partial charge is 0.465 e. The fourth-order valence-corrected chi connectivity index (χ4v) is 2.21. The summed E-state index contributed by atoms with van der Waals surface area (Å²) in [7, 11) is 1.42. The van der Waals surface area contributed by atoms with Crippen LogP contribution in [0.25, 0.3) is 11.1 Å². The molecule has 0 N–H and O–H groups in total. The molecule has 0 aromatic heterocycles. The van der Waals surface area contributed by atoms with Gasteiger partial charge in [0.2, 0.25) is 0 Å². The van der Waals surface area contributed by atoms with Gasteiger partial charge in [0.15, 0.2) is 0 Å². The maximum atomic E-state index is 11.7. The van der Waals surface area contributed by atoms with Crippen LogP contribution in [-0.2, 0) is 4.74 Å². The smallest absolute Gasteiger partial charge is 0.338 e. The number of aryl methyl sites for hydroxylation is 1. The molecule has 2 nitrogen and oxygen atoms in total. The van der Waals surface area contributed by atoms with Crippen LogP contribution >= 0.6 is 0 Å². The Labute approximate surface area is 108 Å². The third-order valence-corrected chi connectivity index (χ3v) is 3.32. The van der Waals surface area contributed by atoms with Crippen molar-refractivity contribution in [3.8, 4) is 11.1 Å². The van der Waals surface area contributed by atoms with Gasteiger partial charge in [0.05, 0.1) is 12.7 Å². The maximum Gasteiger partial charge on any atom is 0.338 e. The van der Waals surface area contributed by atoms with Crippen LogP contribution in [0.15, 0.2) is 30.3 Å². The monoisotopic (exact) mass is 242 g/mol. The quantitative estimate of drug-likeness (QED) is 0.744. The number of hydrogen-bond donors (Lipinski definition) is 0. The number of hydrogen-bond acceptors (Lipinski definition) is 2. The second-order valence-corrected chi connectivity index (χ2v) is 4.88. The number of methoxy groups -OCH3 is 1. The second kappa shape index (κ2) is 4.81. The zero-order chi connectivity index (χ0) is 13.3. The molecule has 0 fully saturated rings. The van der Waals surface area contributed by atoms with Crippen molar-refractivity contribution in [1.82, 2.24) is 0 Å². The SMILES string of the molecule is COC(=O)c1cc(C)c2ccc(C(C)C)ccc1-2. The van der Waals surface area contributed by atoms with Gasteiger partial charge in [-0.25, -0.2) is 4.79 Å². The minimum atomic E-state index is -0.273. The molecule has 2 rings (SSSR count). The third kappa shape index (κ3) is 2.10. The van der Waals surface area contributed by atoms with Crippen molar-refractivity contribution in [2.24, 2.45) is 0 Å². The summed E-state index contributed by atoms with van der Waals surface area (Å²) in [4.78, 5) is 11.7. The molecule has 0 spiro atoms. The van der Waals surface area contributed by atoms with Crippen LogP contribution in [0.3, 0.4) is 0 Å². The Morgan fingerprint density at radius 2 is 1.72 bits per heavy atom. The minimum Gasteiger partial charge on any atom is -0.465 e. The Balaban J connectivity index is 2.63. The molecule has 18 heavy (non-hydrogen) atoms. The van der Waals surface area contributed by atoms with E-state index >= 15 is 0 Å². The van der Waals surface area contributed by atoms with Crippen LogP contribution in [-0.4, -0.2) is 13.1 Å². The molecule has 0 saturated heterocycles. The van der Waals surface area contributed by atoms with E-state index in [4.69, 9.17) is 4.74 Å². The van der Waals surface area contributed by atoms with Crippen LogP contribution in [0.1, 0.15) is 41.3 Å². The van der Waals surface area contributed by atoms with Gasteiger partial charge in [-0.05, 0) is 41.2 Å². The summed E-state index contributed by atoms with van der Waals surface area (Å²) < 4.78 is 4.83. The van der Waals surface area contributed by atoms with Crippen molar-refractivity contribution in [3.63, 3.8) is 0 Å². The summed E-state index contributed by atoms with van der Waals surface area (Å²) in [6, 6.07) is 10.2. The fraction of sp³-hybridized carbons (Fsp3) is 0.312. The first kappa shape index (κ1) is 12.6. The molecule has 0 saturated carbocycles. The van der Waals surface area contributed by atoms with E-state index in [9.17, 15) is 4.79 Å². The first-order chi connectivity index (χ1) is 8.54. The third-order valence-electron chi connectivity index (χ3n) is 3.32. The average molecular weight is 242 g/mol. The van der Waals surface area contributed by atoms with Crippen LogP contribution in [0.2, 0.25) is 0 Å². The van der Waals surface area contributed by atoms with E-state index in [0.717, 1.165) is 16.7 Å². The highest BCUT2D eigenvalue weighted by Gasteiger charge is 2.18. The molecule has 0 atom stereocenters. The predicted molar refractivity (Wildman–Crippen MR) is 73.2 cm³/mol. The highest BCUT2D eigenvalue weighted by molar-refractivity contribution is 5.99. The van der Waals surface area contributed by atoms with E-state index in [0.29, 0.717) is 11.5 Å². The number of fused-ring (bicyclic) bond motifs is 1. The van der Waals surface area contributed by atoms with Crippen molar-refractivity contribution in [2.75, 3.05) is 7.11 Å². The van der Waals surface area contributed by atoms with Crippen LogP contribution in [0.5, 0.6) is 0 Å². The Hall–Kier alpha value is -1.83. The highest BCUT2D eigenvalue weighted by Crippen LogP contribution is 2.32. The molecule has 0 amide bonds. The predicted octanol–water partition coefficient (Wildman–Crippen LogP) is 4.01. The summed E-state index contributed by atoms with van der Waals surface area (Å²) in [5.74, 6) is 0.203. The van der Waals surface area contributed by atoms with Gasteiger partial charge in [0.1, 0.15) is 0 Å². The lowest BCUT2D eigenvalue weighted by molar-refractivity contribution is 0.0602. The van der Waals surface area contributed by atoms with E-state index in [2.05, 4.69) is 32.0 Å². The van der Waals surface area contributed by atoms with Gasteiger partial charge in [-0.3, -0.25) is 0 Å². The Morgan fingerprint density at radius 3 is 2.28 bits per heavy atom. The number of carbonyl (C=O) groups is 1. The highest BCUT2D eigenvalue weighted by atomic mass is 16.5. The summed E-state index contributed by atoms with van der Waals surface area (Å²) in [5, 5.41) is 0. The zero-order valence-corrected chi connectivity index (χ0v) is 11.3. The summed E-state index contributed by atoms with van der Waals surface area (Å²) in [5.41, 5.74) is 5.10. The molecule has 0 radical (unpaired) electrons. The van der Waals surface area contributed by atoms with Gasteiger partial charge < -0.3 is 4.74 Å². The maximum absolute atomic E-state index is 11.7. The van der Waals surface area contributed by atoms with E-state index in [-0.39, 0.29) is 5.97 Å². The molecule has 0 aromatic carbocycles. The topological polar surface area (TPSA) is 26.3 Å². The second-order valence-electron chi connectivity index (χ2n) is 4.88. The first-order valence-electron chi connectivity index (χ1n) is 6.16. The van der Waals surface area contributed by atoms with Gasteiger partial charge in [-0.15, -0.1) is 0 Å².